The number of carbonyl (C=O) groups excluding carboxylic acids is 3. The Labute approximate surface area is 179 Å². The number of thioether (sulfide) groups is 1. The molecule has 158 valence electrons. The topological polar surface area (TPSA) is 90.9 Å². The fraction of sp³-hybridized carbons (Fsp3) is 0.318. The van der Waals surface area contributed by atoms with E-state index in [1.54, 1.807) is 36.0 Å². The molecule has 0 radical (unpaired) electrons. The van der Waals surface area contributed by atoms with Gasteiger partial charge in [0, 0.05) is 22.9 Å². The lowest BCUT2D eigenvalue weighted by molar-refractivity contribution is -0.119. The second kappa shape index (κ2) is 10.8. The minimum absolute atomic E-state index is 0.204. The molecular formula is C22H23NO6S. The molecule has 0 aliphatic carbocycles. The molecule has 0 saturated carbocycles. The van der Waals surface area contributed by atoms with Crippen molar-refractivity contribution >= 4 is 35.3 Å². The molecule has 1 fully saturated rings. The van der Waals surface area contributed by atoms with Gasteiger partial charge in [-0.15, -0.1) is 11.8 Å². The Morgan fingerprint density at radius 1 is 1.10 bits per heavy atom. The number of hydrogen-bond donors (Lipinski definition) is 1. The van der Waals surface area contributed by atoms with Gasteiger partial charge in [-0.1, -0.05) is 12.1 Å². The van der Waals surface area contributed by atoms with Gasteiger partial charge < -0.3 is 19.5 Å². The summed E-state index contributed by atoms with van der Waals surface area (Å²) in [5.74, 6) is -0.718. The quantitative estimate of drug-likeness (QED) is 0.507. The molecule has 8 heteroatoms. The standard InChI is InChI=1S/C22H23NO6S/c1-27-21(25)15-8-10-16(11-9-15)23-20(24)13-29-22(26)18-6-2-3-7-19(18)30-14-17-5-4-12-28-17/h2-3,6-11,17H,4-5,12-14H2,1H3,(H,23,24). The van der Waals surface area contributed by atoms with Crippen LogP contribution in [0.5, 0.6) is 0 Å². The van der Waals surface area contributed by atoms with Crippen LogP contribution in [-0.2, 0) is 19.0 Å². The summed E-state index contributed by atoms with van der Waals surface area (Å²) in [5, 5.41) is 2.62. The number of esters is 2. The summed E-state index contributed by atoms with van der Waals surface area (Å²) in [6.45, 7) is 0.373. The number of ether oxygens (including phenoxy) is 3. The number of benzene rings is 2. The Bertz CT molecular complexity index is 893. The summed E-state index contributed by atoms with van der Waals surface area (Å²) < 4.78 is 15.4. The minimum atomic E-state index is -0.554. The van der Waals surface area contributed by atoms with Crippen molar-refractivity contribution in [3.05, 3.63) is 59.7 Å². The van der Waals surface area contributed by atoms with Gasteiger partial charge in [-0.25, -0.2) is 9.59 Å². The van der Waals surface area contributed by atoms with Crippen LogP contribution in [0.1, 0.15) is 33.6 Å². The molecule has 1 amide bonds. The van der Waals surface area contributed by atoms with Crippen molar-refractivity contribution in [2.75, 3.05) is 31.4 Å². The first kappa shape index (κ1) is 21.9. The van der Waals surface area contributed by atoms with Crippen molar-refractivity contribution in [3.8, 4) is 0 Å². The Balaban J connectivity index is 1.51. The van der Waals surface area contributed by atoms with Crippen LogP contribution in [0.2, 0.25) is 0 Å². The summed E-state index contributed by atoms with van der Waals surface area (Å²) in [5.41, 5.74) is 1.28. The highest BCUT2D eigenvalue weighted by Crippen LogP contribution is 2.27. The number of amides is 1. The Morgan fingerprint density at radius 3 is 2.57 bits per heavy atom. The smallest absolute Gasteiger partial charge is 0.339 e. The molecular weight excluding hydrogens is 406 g/mol. The first-order chi connectivity index (χ1) is 14.6. The molecule has 2 aromatic carbocycles. The molecule has 1 aliphatic heterocycles. The highest BCUT2D eigenvalue weighted by Gasteiger charge is 2.19. The maximum atomic E-state index is 12.5. The van der Waals surface area contributed by atoms with Crippen molar-refractivity contribution in [1.82, 2.24) is 0 Å². The first-order valence-electron chi connectivity index (χ1n) is 9.55. The second-order valence-corrected chi connectivity index (χ2v) is 7.70. The average Bonchev–Trinajstić information content (AvgIpc) is 3.30. The fourth-order valence-electron chi connectivity index (χ4n) is 2.93. The van der Waals surface area contributed by atoms with Gasteiger partial charge in [-0.3, -0.25) is 4.79 Å². The normalized spacial score (nSPS) is 15.4. The van der Waals surface area contributed by atoms with E-state index in [0.717, 1.165) is 30.1 Å². The molecule has 1 aliphatic rings. The van der Waals surface area contributed by atoms with Crippen molar-refractivity contribution in [2.45, 2.75) is 23.8 Å². The Hall–Kier alpha value is -2.84. The molecule has 7 nitrogen and oxygen atoms in total. The van der Waals surface area contributed by atoms with Gasteiger partial charge in [0.2, 0.25) is 0 Å². The zero-order valence-corrected chi connectivity index (χ0v) is 17.4. The summed E-state index contributed by atoms with van der Waals surface area (Å²) in [7, 11) is 1.30. The Morgan fingerprint density at radius 2 is 1.87 bits per heavy atom. The number of anilines is 1. The van der Waals surface area contributed by atoms with Gasteiger partial charge in [-0.05, 0) is 49.2 Å². The van der Waals surface area contributed by atoms with Crippen molar-refractivity contribution in [1.29, 1.82) is 0 Å². The number of nitrogens with one attached hydrogen (secondary N) is 1. The van der Waals surface area contributed by atoms with E-state index in [4.69, 9.17) is 9.47 Å². The number of carbonyl (C=O) groups is 3. The monoisotopic (exact) mass is 429 g/mol. The molecule has 30 heavy (non-hydrogen) atoms. The summed E-state index contributed by atoms with van der Waals surface area (Å²) in [6, 6.07) is 13.4. The van der Waals surface area contributed by atoms with E-state index in [9.17, 15) is 14.4 Å². The summed E-state index contributed by atoms with van der Waals surface area (Å²) in [4.78, 5) is 36.8. The maximum Gasteiger partial charge on any atom is 0.339 e. The van der Waals surface area contributed by atoms with Crippen LogP contribution < -0.4 is 5.32 Å². The van der Waals surface area contributed by atoms with Crippen LogP contribution in [-0.4, -0.2) is 50.0 Å². The number of methoxy groups -OCH3 is 1. The van der Waals surface area contributed by atoms with Crippen LogP contribution in [0, 0.1) is 0 Å². The third-order valence-electron chi connectivity index (χ3n) is 4.48. The van der Waals surface area contributed by atoms with E-state index >= 15 is 0 Å². The van der Waals surface area contributed by atoms with Crippen LogP contribution >= 0.6 is 11.8 Å². The first-order valence-corrected chi connectivity index (χ1v) is 10.5. The van der Waals surface area contributed by atoms with E-state index in [1.165, 1.54) is 19.2 Å². The van der Waals surface area contributed by atoms with E-state index in [0.29, 0.717) is 16.8 Å². The number of rotatable bonds is 8. The van der Waals surface area contributed by atoms with E-state index in [1.807, 2.05) is 12.1 Å². The predicted octanol–water partition coefficient (Wildman–Crippen LogP) is 3.54. The minimum Gasteiger partial charge on any atom is -0.465 e. The molecule has 1 N–H and O–H groups in total. The largest absolute Gasteiger partial charge is 0.465 e. The van der Waals surface area contributed by atoms with Gasteiger partial charge in [0.15, 0.2) is 6.61 Å². The SMILES string of the molecule is COC(=O)c1ccc(NC(=O)COC(=O)c2ccccc2SCC2CCCO2)cc1. The lowest BCUT2D eigenvalue weighted by Gasteiger charge is -2.12. The third-order valence-corrected chi connectivity index (χ3v) is 5.69. The maximum absolute atomic E-state index is 12.5. The zero-order valence-electron chi connectivity index (χ0n) is 16.6. The predicted molar refractivity (Wildman–Crippen MR) is 113 cm³/mol. The highest BCUT2D eigenvalue weighted by atomic mass is 32.2. The summed E-state index contributed by atoms with van der Waals surface area (Å²) in [6.07, 6.45) is 2.30. The second-order valence-electron chi connectivity index (χ2n) is 6.64. The zero-order chi connectivity index (χ0) is 21.3. The van der Waals surface area contributed by atoms with Crippen LogP contribution in [0.3, 0.4) is 0 Å². The van der Waals surface area contributed by atoms with E-state index < -0.39 is 24.5 Å². The average molecular weight is 429 g/mol. The summed E-state index contributed by atoms with van der Waals surface area (Å²) >= 11 is 1.55. The molecule has 1 atom stereocenters. The van der Waals surface area contributed by atoms with E-state index in [2.05, 4.69) is 10.1 Å². The molecule has 3 rings (SSSR count). The lowest BCUT2D eigenvalue weighted by Crippen LogP contribution is -2.21. The Kier molecular flexibility index (Phi) is 7.87. The molecule has 0 bridgehead atoms. The molecule has 0 aromatic heterocycles. The van der Waals surface area contributed by atoms with Crippen molar-refractivity contribution < 1.29 is 28.6 Å². The van der Waals surface area contributed by atoms with Crippen LogP contribution in [0.15, 0.2) is 53.4 Å². The van der Waals surface area contributed by atoms with Crippen molar-refractivity contribution in [3.63, 3.8) is 0 Å². The van der Waals surface area contributed by atoms with Crippen LogP contribution in [0.4, 0.5) is 5.69 Å². The van der Waals surface area contributed by atoms with Gasteiger partial charge >= 0.3 is 11.9 Å². The highest BCUT2D eigenvalue weighted by molar-refractivity contribution is 7.99. The van der Waals surface area contributed by atoms with Gasteiger partial charge in [0.25, 0.3) is 5.91 Å². The molecule has 1 unspecified atom stereocenters. The van der Waals surface area contributed by atoms with E-state index in [-0.39, 0.29) is 6.10 Å². The molecule has 0 spiro atoms. The lowest BCUT2D eigenvalue weighted by atomic mass is 10.2. The molecule has 1 saturated heterocycles. The molecule has 1 heterocycles. The number of hydrogen-bond acceptors (Lipinski definition) is 7. The third kappa shape index (κ3) is 6.08. The van der Waals surface area contributed by atoms with Gasteiger partial charge in [-0.2, -0.15) is 0 Å². The molecule has 2 aromatic rings. The fourth-order valence-corrected chi connectivity index (χ4v) is 4.04. The van der Waals surface area contributed by atoms with Gasteiger partial charge in [0.05, 0.1) is 24.3 Å². The van der Waals surface area contributed by atoms with Crippen LogP contribution in [0.25, 0.3) is 0 Å². The van der Waals surface area contributed by atoms with Gasteiger partial charge in [0.1, 0.15) is 0 Å². The van der Waals surface area contributed by atoms with Crippen molar-refractivity contribution in [2.24, 2.45) is 0 Å².